The van der Waals surface area contributed by atoms with Crippen molar-refractivity contribution >= 4 is 0 Å². The number of nitrogens with one attached hydrogen (secondary N) is 1. The number of nitrogens with zero attached hydrogens (tertiary/aromatic N) is 1. The van der Waals surface area contributed by atoms with E-state index in [0.717, 1.165) is 13.1 Å². The molecule has 0 aromatic heterocycles. The fourth-order valence-electron chi connectivity index (χ4n) is 2.26. The summed E-state index contributed by atoms with van der Waals surface area (Å²) in [5.41, 5.74) is -0.132. The quantitative estimate of drug-likeness (QED) is 0.690. The Morgan fingerprint density at radius 2 is 2.29 bits per heavy atom. The van der Waals surface area contributed by atoms with Crippen molar-refractivity contribution in [2.75, 3.05) is 26.2 Å². The zero-order valence-corrected chi connectivity index (χ0v) is 9.71. The van der Waals surface area contributed by atoms with E-state index >= 15 is 0 Å². The Hall–Kier alpha value is -0.120. The maximum Gasteiger partial charge on any atom is 0.0623 e. The van der Waals surface area contributed by atoms with Crippen LogP contribution in [0.4, 0.5) is 0 Å². The Morgan fingerprint density at radius 3 is 2.71 bits per heavy atom. The van der Waals surface area contributed by atoms with Crippen LogP contribution in [0.15, 0.2) is 0 Å². The number of rotatable bonds is 5. The van der Waals surface area contributed by atoms with Gasteiger partial charge in [-0.3, -0.25) is 4.90 Å². The highest BCUT2D eigenvalue weighted by Crippen LogP contribution is 2.19. The van der Waals surface area contributed by atoms with Gasteiger partial charge in [0.2, 0.25) is 0 Å². The molecule has 3 nitrogen and oxygen atoms in total. The Kier molecular flexibility index (Phi) is 4.35. The van der Waals surface area contributed by atoms with E-state index < -0.39 is 0 Å². The number of likely N-dealkylation sites (tertiary alicyclic amines) is 1. The molecule has 1 fully saturated rings. The molecule has 1 aliphatic rings. The van der Waals surface area contributed by atoms with Crippen LogP contribution < -0.4 is 5.32 Å². The highest BCUT2D eigenvalue weighted by Gasteiger charge is 2.29. The standard InChI is InChI=1S/C11H24N2O/c1-4-12-11(3,9-14)8-13-7-5-6-10(13)2/h10,12,14H,4-9H2,1-3H3. The van der Waals surface area contributed by atoms with Gasteiger partial charge in [0.15, 0.2) is 0 Å². The van der Waals surface area contributed by atoms with Crippen LogP contribution in [-0.2, 0) is 0 Å². The van der Waals surface area contributed by atoms with Crippen molar-refractivity contribution in [2.45, 2.75) is 45.2 Å². The highest BCUT2D eigenvalue weighted by molar-refractivity contribution is 4.89. The van der Waals surface area contributed by atoms with Crippen LogP contribution in [0, 0.1) is 0 Å². The van der Waals surface area contributed by atoms with Gasteiger partial charge in [-0.15, -0.1) is 0 Å². The van der Waals surface area contributed by atoms with E-state index in [9.17, 15) is 5.11 Å². The summed E-state index contributed by atoms with van der Waals surface area (Å²) in [6.45, 7) is 9.73. The van der Waals surface area contributed by atoms with Crippen LogP contribution in [0.5, 0.6) is 0 Å². The van der Waals surface area contributed by atoms with Gasteiger partial charge in [-0.05, 0) is 39.8 Å². The zero-order chi connectivity index (χ0) is 10.6. The molecule has 0 aromatic carbocycles. The Labute approximate surface area is 87.5 Å². The van der Waals surface area contributed by atoms with E-state index in [1.165, 1.54) is 19.4 Å². The average Bonchev–Trinajstić information content (AvgIpc) is 2.52. The fraction of sp³-hybridized carbons (Fsp3) is 1.00. The van der Waals surface area contributed by atoms with Gasteiger partial charge in [0.1, 0.15) is 0 Å². The third-order valence-electron chi connectivity index (χ3n) is 3.20. The molecule has 1 saturated heterocycles. The number of likely N-dealkylation sites (N-methyl/N-ethyl adjacent to an activating group) is 1. The van der Waals surface area contributed by atoms with Gasteiger partial charge in [-0.1, -0.05) is 6.92 Å². The predicted octanol–water partition coefficient (Wildman–Crippen LogP) is 0.831. The molecular formula is C11H24N2O. The third kappa shape index (κ3) is 2.94. The first-order valence-corrected chi connectivity index (χ1v) is 5.71. The maximum absolute atomic E-state index is 9.37. The van der Waals surface area contributed by atoms with Gasteiger partial charge in [0, 0.05) is 12.6 Å². The molecule has 0 radical (unpaired) electrons. The van der Waals surface area contributed by atoms with Crippen molar-refractivity contribution in [1.29, 1.82) is 0 Å². The van der Waals surface area contributed by atoms with E-state index in [4.69, 9.17) is 0 Å². The first-order chi connectivity index (χ1) is 6.61. The first kappa shape index (κ1) is 12.0. The minimum Gasteiger partial charge on any atom is -0.394 e. The minimum atomic E-state index is -0.132. The molecule has 1 heterocycles. The molecule has 1 aliphatic heterocycles. The van der Waals surface area contributed by atoms with Crippen LogP contribution in [0.1, 0.15) is 33.6 Å². The van der Waals surface area contributed by atoms with E-state index in [1.807, 2.05) is 0 Å². The Morgan fingerprint density at radius 1 is 1.57 bits per heavy atom. The summed E-state index contributed by atoms with van der Waals surface area (Å²) in [4.78, 5) is 2.47. The molecule has 0 aromatic rings. The normalized spacial score (nSPS) is 27.9. The van der Waals surface area contributed by atoms with E-state index in [0.29, 0.717) is 6.04 Å². The summed E-state index contributed by atoms with van der Waals surface area (Å²) in [7, 11) is 0. The van der Waals surface area contributed by atoms with Crippen LogP contribution in [0.2, 0.25) is 0 Å². The molecule has 0 bridgehead atoms. The monoisotopic (exact) mass is 200 g/mol. The molecule has 3 heteroatoms. The van der Waals surface area contributed by atoms with Gasteiger partial charge in [-0.25, -0.2) is 0 Å². The van der Waals surface area contributed by atoms with Crippen molar-refractivity contribution in [3.05, 3.63) is 0 Å². The summed E-state index contributed by atoms with van der Waals surface area (Å²) in [5, 5.41) is 12.7. The average molecular weight is 200 g/mol. The Balaban J connectivity index is 2.46. The lowest BCUT2D eigenvalue weighted by atomic mass is 10.0. The van der Waals surface area contributed by atoms with Crippen molar-refractivity contribution in [3.63, 3.8) is 0 Å². The molecule has 1 rings (SSSR count). The molecule has 84 valence electrons. The number of hydrogen-bond acceptors (Lipinski definition) is 3. The molecule has 2 N–H and O–H groups in total. The van der Waals surface area contributed by atoms with Crippen LogP contribution >= 0.6 is 0 Å². The number of hydrogen-bond donors (Lipinski definition) is 2. The summed E-state index contributed by atoms with van der Waals surface area (Å²) in [6.07, 6.45) is 2.60. The fourth-order valence-corrected chi connectivity index (χ4v) is 2.26. The topological polar surface area (TPSA) is 35.5 Å². The van der Waals surface area contributed by atoms with Crippen molar-refractivity contribution in [2.24, 2.45) is 0 Å². The second-order valence-electron chi connectivity index (χ2n) is 4.71. The van der Waals surface area contributed by atoms with Crippen LogP contribution in [-0.4, -0.2) is 47.8 Å². The molecule has 2 unspecified atom stereocenters. The van der Waals surface area contributed by atoms with Gasteiger partial charge in [0.25, 0.3) is 0 Å². The molecule has 0 aliphatic carbocycles. The van der Waals surface area contributed by atoms with Crippen molar-refractivity contribution < 1.29 is 5.11 Å². The smallest absolute Gasteiger partial charge is 0.0623 e. The summed E-state index contributed by atoms with van der Waals surface area (Å²) in [5.74, 6) is 0. The number of aliphatic hydroxyl groups is 1. The zero-order valence-electron chi connectivity index (χ0n) is 9.71. The lowest BCUT2D eigenvalue weighted by molar-refractivity contribution is 0.118. The molecule has 0 amide bonds. The van der Waals surface area contributed by atoms with Gasteiger partial charge < -0.3 is 10.4 Å². The molecular weight excluding hydrogens is 176 g/mol. The van der Waals surface area contributed by atoms with Crippen molar-refractivity contribution in [3.8, 4) is 0 Å². The third-order valence-corrected chi connectivity index (χ3v) is 3.20. The molecule has 0 saturated carbocycles. The molecule has 14 heavy (non-hydrogen) atoms. The lowest BCUT2D eigenvalue weighted by Gasteiger charge is -2.34. The van der Waals surface area contributed by atoms with Gasteiger partial charge in [-0.2, -0.15) is 0 Å². The minimum absolute atomic E-state index is 0.132. The van der Waals surface area contributed by atoms with Crippen LogP contribution in [0.3, 0.4) is 0 Å². The highest BCUT2D eigenvalue weighted by atomic mass is 16.3. The largest absolute Gasteiger partial charge is 0.394 e. The SMILES string of the molecule is CCNC(C)(CO)CN1CCCC1C. The van der Waals surface area contributed by atoms with Gasteiger partial charge in [0.05, 0.1) is 12.1 Å². The van der Waals surface area contributed by atoms with Gasteiger partial charge >= 0.3 is 0 Å². The van der Waals surface area contributed by atoms with Crippen LogP contribution in [0.25, 0.3) is 0 Å². The van der Waals surface area contributed by atoms with E-state index in [2.05, 4.69) is 31.0 Å². The molecule has 0 spiro atoms. The van der Waals surface area contributed by atoms with Crippen molar-refractivity contribution in [1.82, 2.24) is 10.2 Å². The van der Waals surface area contributed by atoms with E-state index in [-0.39, 0.29) is 12.1 Å². The summed E-state index contributed by atoms with van der Waals surface area (Å²) < 4.78 is 0. The Bertz CT molecular complexity index is 175. The second-order valence-corrected chi connectivity index (χ2v) is 4.71. The summed E-state index contributed by atoms with van der Waals surface area (Å²) in [6, 6.07) is 0.680. The van der Waals surface area contributed by atoms with E-state index in [1.54, 1.807) is 0 Å². The number of aliphatic hydroxyl groups excluding tert-OH is 1. The second kappa shape index (κ2) is 5.10. The summed E-state index contributed by atoms with van der Waals surface area (Å²) >= 11 is 0. The lowest BCUT2D eigenvalue weighted by Crippen LogP contribution is -2.54. The maximum atomic E-state index is 9.37. The predicted molar refractivity (Wildman–Crippen MR) is 59.4 cm³/mol. The molecule has 2 atom stereocenters. The first-order valence-electron chi connectivity index (χ1n) is 5.71.